The number of nitrogens with zero attached hydrogens (tertiary/aromatic N) is 2. The molecule has 0 saturated carbocycles. The maximum absolute atomic E-state index is 12.4. The molecule has 0 unspecified atom stereocenters. The lowest BCUT2D eigenvalue weighted by Gasteiger charge is -2.39. The Labute approximate surface area is 271 Å². The normalized spacial score (nSPS) is 22.8. The van der Waals surface area contributed by atoms with Crippen LogP contribution in [0.25, 0.3) is 0 Å². The minimum Gasteiger partial charge on any atom is -0.378 e. The molecular weight excluding hydrogens is 651 g/mol. The Morgan fingerprint density at radius 1 is 0.761 bits per heavy atom. The highest BCUT2D eigenvalue weighted by molar-refractivity contribution is 7.92. The van der Waals surface area contributed by atoms with E-state index in [0.717, 1.165) is 0 Å². The van der Waals surface area contributed by atoms with Gasteiger partial charge in [0, 0.05) is 31.7 Å². The van der Waals surface area contributed by atoms with Crippen LogP contribution in [0.3, 0.4) is 0 Å². The van der Waals surface area contributed by atoms with Gasteiger partial charge in [-0.15, -0.1) is 0 Å². The molecule has 0 aliphatic carbocycles. The minimum atomic E-state index is -4.18. The van der Waals surface area contributed by atoms with E-state index < -0.39 is 46.2 Å². The van der Waals surface area contributed by atoms with Crippen LogP contribution in [0.5, 0.6) is 0 Å². The number of hydrogen-bond acceptors (Lipinski definition) is 5. The molecule has 2 fully saturated rings. The van der Waals surface area contributed by atoms with Gasteiger partial charge in [0.05, 0.1) is 36.1 Å². The first-order valence-electron chi connectivity index (χ1n) is 16.1. The minimum absolute atomic E-state index is 0.0875. The fourth-order valence-electron chi connectivity index (χ4n) is 4.91. The molecule has 2 saturated heterocycles. The summed E-state index contributed by atoms with van der Waals surface area (Å²) in [6, 6.07) is -1.06. The van der Waals surface area contributed by atoms with Crippen molar-refractivity contribution in [3.05, 3.63) is 0 Å². The Kier molecular flexibility index (Phi) is 21.2. The van der Waals surface area contributed by atoms with E-state index in [4.69, 9.17) is 4.74 Å². The summed E-state index contributed by atoms with van der Waals surface area (Å²) in [5.41, 5.74) is 0. The average molecular weight is 711 g/mol. The second kappa shape index (κ2) is 20.7. The predicted molar refractivity (Wildman–Crippen MR) is 166 cm³/mol. The van der Waals surface area contributed by atoms with Crippen molar-refractivity contribution in [2.24, 2.45) is 23.7 Å². The largest absolute Gasteiger partial charge is 0.406 e. The maximum Gasteiger partial charge on any atom is 0.406 e. The number of ether oxygens (including phenoxy) is 1. The van der Waals surface area contributed by atoms with Crippen molar-refractivity contribution in [3.8, 4) is 0 Å². The van der Waals surface area contributed by atoms with Crippen LogP contribution < -0.4 is 0 Å². The van der Waals surface area contributed by atoms with Crippen molar-refractivity contribution in [1.29, 1.82) is 0 Å². The number of sulfone groups is 1. The molecule has 46 heavy (non-hydrogen) atoms. The van der Waals surface area contributed by atoms with Gasteiger partial charge in [-0.25, -0.2) is 8.42 Å². The molecule has 2 aliphatic rings. The number of rotatable bonds is 7. The number of halogens is 9. The molecule has 0 aromatic rings. The first-order valence-corrected chi connectivity index (χ1v) is 17.8. The Morgan fingerprint density at radius 3 is 1.52 bits per heavy atom. The van der Waals surface area contributed by atoms with Gasteiger partial charge in [-0.2, -0.15) is 39.5 Å². The standard InChI is InChI=1S/C8H14F3NO.C8H15F3.C8H17NO2S.C7H13F3/c1-6(2)12-3-4-13-5-7(12)8(9,10)11;1-4-7(5-6(2)3)8(9,10)11;1-7(2)9-4-5-12(10,11)8(3)6-9;1-5(2)4-6(3)7(8,9)10/h6-7H,3-5H2,1-2H3;6-7H,4-5H2,1-3H3;7-8H,4-6H2,1-3H3;5-6H,4H2,1-3H3/t2*7-;8-;6-/m1000/s1. The summed E-state index contributed by atoms with van der Waals surface area (Å²) in [5.74, 6) is -1.69. The third-order valence-electron chi connectivity index (χ3n) is 7.80. The monoisotopic (exact) mass is 710 g/mol. The summed E-state index contributed by atoms with van der Waals surface area (Å²) in [5, 5.41) is -0.186. The van der Waals surface area contributed by atoms with Gasteiger partial charge in [0.15, 0.2) is 9.84 Å². The quantitative estimate of drug-likeness (QED) is 0.247. The molecule has 5 nitrogen and oxygen atoms in total. The molecule has 0 aromatic heterocycles. The smallest absolute Gasteiger partial charge is 0.378 e. The van der Waals surface area contributed by atoms with E-state index in [1.54, 1.807) is 41.5 Å². The number of alkyl halides is 9. The zero-order valence-corrected chi connectivity index (χ0v) is 30.2. The fourth-order valence-corrected chi connectivity index (χ4v) is 6.22. The lowest BCUT2D eigenvalue weighted by atomic mass is 9.94. The molecule has 15 heteroatoms. The lowest BCUT2D eigenvalue weighted by molar-refractivity contribution is -0.216. The molecule has 4 atom stereocenters. The van der Waals surface area contributed by atoms with Crippen molar-refractivity contribution >= 4 is 9.84 Å². The van der Waals surface area contributed by atoms with E-state index >= 15 is 0 Å². The highest BCUT2D eigenvalue weighted by Gasteiger charge is 2.46. The highest BCUT2D eigenvalue weighted by atomic mass is 32.2. The summed E-state index contributed by atoms with van der Waals surface area (Å²) in [7, 11) is -2.77. The first kappa shape index (κ1) is 47.3. The van der Waals surface area contributed by atoms with Crippen LogP contribution in [-0.4, -0.2) is 98.7 Å². The van der Waals surface area contributed by atoms with Gasteiger partial charge in [-0.1, -0.05) is 41.5 Å². The van der Waals surface area contributed by atoms with E-state index in [1.807, 2.05) is 13.8 Å². The number of morpholine rings is 1. The SMILES string of the molecule is CC(C)C[C@H](C)C(F)(F)F.CC(C)N1CCOC[C@@H]1C(F)(F)F.CC(C)N1CCS(=O)(=O)[C@@H](C)C1.CC[C@@H](CC(C)C)C(F)(F)F. The molecule has 0 aromatic carbocycles. The maximum atomic E-state index is 12.4. The third kappa shape index (κ3) is 19.9. The molecule has 0 radical (unpaired) electrons. The van der Waals surface area contributed by atoms with Crippen molar-refractivity contribution in [3.63, 3.8) is 0 Å². The van der Waals surface area contributed by atoms with Crippen LogP contribution in [0.15, 0.2) is 0 Å². The molecule has 0 N–H and O–H groups in total. The molecule has 0 bridgehead atoms. The lowest BCUT2D eigenvalue weighted by Crippen LogP contribution is -2.55. The Hall–Kier alpha value is -0.800. The van der Waals surface area contributed by atoms with Crippen LogP contribution in [0.1, 0.15) is 95.4 Å². The van der Waals surface area contributed by atoms with E-state index in [2.05, 4.69) is 18.7 Å². The summed E-state index contributed by atoms with van der Waals surface area (Å²) in [6.45, 7) is 21.5. The molecule has 0 spiro atoms. The summed E-state index contributed by atoms with van der Waals surface area (Å²) < 4.78 is 136. The third-order valence-corrected chi connectivity index (χ3v) is 9.93. The molecule has 0 amide bonds. The van der Waals surface area contributed by atoms with Crippen LogP contribution in [0.4, 0.5) is 39.5 Å². The van der Waals surface area contributed by atoms with Gasteiger partial charge in [-0.05, 0) is 65.7 Å². The van der Waals surface area contributed by atoms with Gasteiger partial charge in [0.2, 0.25) is 0 Å². The van der Waals surface area contributed by atoms with Crippen molar-refractivity contribution < 1.29 is 52.7 Å². The second-order valence-corrected chi connectivity index (χ2v) is 16.1. The van der Waals surface area contributed by atoms with E-state index in [0.29, 0.717) is 38.0 Å². The van der Waals surface area contributed by atoms with Crippen LogP contribution >= 0.6 is 0 Å². The van der Waals surface area contributed by atoms with Gasteiger partial charge in [-0.3, -0.25) is 9.80 Å². The summed E-state index contributed by atoms with van der Waals surface area (Å²) >= 11 is 0. The zero-order chi connectivity index (χ0) is 36.8. The number of hydrogen-bond donors (Lipinski definition) is 0. The molecular formula is C31H59F9N2O3S. The Morgan fingerprint density at radius 2 is 1.26 bits per heavy atom. The van der Waals surface area contributed by atoms with E-state index in [1.165, 1.54) is 11.8 Å². The van der Waals surface area contributed by atoms with E-state index in [9.17, 15) is 47.9 Å². The van der Waals surface area contributed by atoms with Gasteiger partial charge >= 0.3 is 18.5 Å². The highest BCUT2D eigenvalue weighted by Crippen LogP contribution is 2.33. The van der Waals surface area contributed by atoms with Gasteiger partial charge in [0.1, 0.15) is 6.04 Å². The van der Waals surface area contributed by atoms with Crippen LogP contribution in [0, 0.1) is 23.7 Å². The summed E-state index contributed by atoms with van der Waals surface area (Å²) in [4.78, 5) is 3.65. The topological polar surface area (TPSA) is 49.9 Å². The summed E-state index contributed by atoms with van der Waals surface area (Å²) in [6.07, 6.45) is -11.5. The fraction of sp³-hybridized carbons (Fsp3) is 1.00. The van der Waals surface area contributed by atoms with Crippen molar-refractivity contribution in [2.75, 3.05) is 38.6 Å². The molecule has 280 valence electrons. The predicted octanol–water partition coefficient (Wildman–Crippen LogP) is 9.02. The molecule has 2 rings (SSSR count). The average Bonchev–Trinajstić information content (AvgIpc) is 2.87. The van der Waals surface area contributed by atoms with Crippen LogP contribution in [0.2, 0.25) is 0 Å². The second-order valence-electron chi connectivity index (χ2n) is 13.6. The van der Waals surface area contributed by atoms with Crippen LogP contribution in [-0.2, 0) is 14.6 Å². The molecule has 2 heterocycles. The van der Waals surface area contributed by atoms with Gasteiger partial charge in [0.25, 0.3) is 0 Å². The first-order chi connectivity index (χ1) is 20.6. The van der Waals surface area contributed by atoms with Crippen molar-refractivity contribution in [1.82, 2.24) is 9.80 Å². The Bertz CT molecular complexity index is 906. The Balaban J connectivity index is 0. The van der Waals surface area contributed by atoms with Crippen molar-refractivity contribution in [2.45, 2.75) is 137 Å². The van der Waals surface area contributed by atoms with Gasteiger partial charge < -0.3 is 4.74 Å². The molecule has 2 aliphatic heterocycles. The zero-order valence-electron chi connectivity index (χ0n) is 29.4. The van der Waals surface area contributed by atoms with E-state index in [-0.39, 0.29) is 49.0 Å².